The number of nitrogens with two attached hydrogens (primary N) is 1. The molecule has 0 radical (unpaired) electrons. The summed E-state index contributed by atoms with van der Waals surface area (Å²) in [4.78, 5) is 12.4. The Bertz CT molecular complexity index is 663. The Balaban J connectivity index is 1.95. The Labute approximate surface area is 144 Å². The number of rotatable bonds is 5. The number of sulfonamides is 1. The van der Waals surface area contributed by atoms with Crippen LogP contribution in [0.25, 0.3) is 0 Å². The predicted octanol–water partition coefficient (Wildman–Crippen LogP) is 1.25. The first-order valence-electron chi connectivity index (χ1n) is 8.34. The van der Waals surface area contributed by atoms with Crippen molar-refractivity contribution in [2.45, 2.75) is 50.6 Å². The van der Waals surface area contributed by atoms with Crippen molar-refractivity contribution in [2.75, 3.05) is 13.1 Å². The van der Waals surface area contributed by atoms with Gasteiger partial charge >= 0.3 is 0 Å². The van der Waals surface area contributed by atoms with Gasteiger partial charge in [-0.15, -0.1) is 0 Å². The molecule has 0 saturated carbocycles. The van der Waals surface area contributed by atoms with E-state index in [2.05, 4.69) is 5.32 Å². The molecule has 0 aliphatic carbocycles. The molecule has 1 aliphatic rings. The van der Waals surface area contributed by atoms with Gasteiger partial charge in [-0.05, 0) is 38.8 Å². The lowest BCUT2D eigenvalue weighted by atomic mass is 10.0. The number of benzene rings is 1. The van der Waals surface area contributed by atoms with E-state index >= 15 is 0 Å². The fraction of sp³-hybridized carbons (Fsp3) is 0.588. The quantitative estimate of drug-likeness (QED) is 0.833. The van der Waals surface area contributed by atoms with Gasteiger partial charge in [0.15, 0.2) is 0 Å². The molecule has 2 atom stereocenters. The first-order chi connectivity index (χ1) is 11.2. The van der Waals surface area contributed by atoms with Crippen molar-refractivity contribution in [3.8, 4) is 0 Å². The molecule has 1 saturated heterocycles. The first-order valence-corrected chi connectivity index (χ1v) is 9.78. The average molecular weight is 353 g/mol. The molecule has 1 aromatic carbocycles. The third-order valence-corrected chi connectivity index (χ3v) is 6.57. The number of piperidine rings is 1. The van der Waals surface area contributed by atoms with Gasteiger partial charge < -0.3 is 11.1 Å². The largest absolute Gasteiger partial charge is 0.353 e. The molecule has 134 valence electrons. The maximum Gasteiger partial charge on any atom is 0.243 e. The minimum Gasteiger partial charge on any atom is -0.353 e. The van der Waals surface area contributed by atoms with Gasteiger partial charge in [0.2, 0.25) is 15.9 Å². The second kappa shape index (κ2) is 7.63. The lowest BCUT2D eigenvalue weighted by Crippen LogP contribution is -2.49. The molecule has 1 heterocycles. The van der Waals surface area contributed by atoms with E-state index in [4.69, 9.17) is 5.73 Å². The number of amides is 1. The predicted molar refractivity (Wildman–Crippen MR) is 93.9 cm³/mol. The normalized spacial score (nSPS) is 19.7. The fourth-order valence-corrected chi connectivity index (χ4v) is 4.14. The average Bonchev–Trinajstić information content (AvgIpc) is 2.55. The fourth-order valence-electron chi connectivity index (χ4n) is 2.67. The van der Waals surface area contributed by atoms with Gasteiger partial charge in [-0.25, -0.2) is 8.42 Å². The summed E-state index contributed by atoms with van der Waals surface area (Å²) in [6.07, 6.45) is 1.23. The molecule has 6 nitrogen and oxygen atoms in total. The number of hydrogen-bond donors (Lipinski definition) is 2. The van der Waals surface area contributed by atoms with Crippen molar-refractivity contribution in [3.05, 3.63) is 29.8 Å². The van der Waals surface area contributed by atoms with Crippen LogP contribution in [-0.2, 0) is 14.8 Å². The summed E-state index contributed by atoms with van der Waals surface area (Å²) < 4.78 is 26.8. The molecule has 1 amide bonds. The van der Waals surface area contributed by atoms with Gasteiger partial charge in [0.1, 0.15) is 0 Å². The van der Waals surface area contributed by atoms with Crippen LogP contribution in [-0.4, -0.2) is 43.8 Å². The molecule has 0 bridgehead atoms. The molecule has 2 unspecified atom stereocenters. The number of aryl methyl sites for hydroxylation is 1. The molecule has 3 N–H and O–H groups in total. The highest BCUT2D eigenvalue weighted by atomic mass is 32.2. The first kappa shape index (κ1) is 18.9. The van der Waals surface area contributed by atoms with E-state index in [1.807, 2.05) is 6.92 Å². The molecule has 2 rings (SSSR count). The summed E-state index contributed by atoms with van der Waals surface area (Å²) in [6, 6.07) is 6.69. The van der Waals surface area contributed by atoms with Crippen molar-refractivity contribution in [2.24, 2.45) is 11.7 Å². The Kier molecular flexibility index (Phi) is 6.01. The van der Waals surface area contributed by atoms with E-state index in [1.165, 1.54) is 4.31 Å². The Morgan fingerprint density at radius 2 is 1.75 bits per heavy atom. The summed E-state index contributed by atoms with van der Waals surface area (Å²) in [5.41, 5.74) is 6.77. The molecule has 1 aliphatic heterocycles. The minimum atomic E-state index is -3.46. The van der Waals surface area contributed by atoms with E-state index in [0.717, 1.165) is 5.56 Å². The van der Waals surface area contributed by atoms with Crippen LogP contribution < -0.4 is 11.1 Å². The third-order valence-electron chi connectivity index (χ3n) is 4.66. The Morgan fingerprint density at radius 3 is 2.25 bits per heavy atom. The molecular formula is C17H27N3O3S. The molecule has 1 aromatic rings. The smallest absolute Gasteiger partial charge is 0.243 e. The lowest BCUT2D eigenvalue weighted by molar-refractivity contribution is -0.125. The van der Waals surface area contributed by atoms with E-state index in [0.29, 0.717) is 30.8 Å². The van der Waals surface area contributed by atoms with Gasteiger partial charge in [0.25, 0.3) is 0 Å². The van der Waals surface area contributed by atoms with Gasteiger partial charge in [-0.1, -0.05) is 24.6 Å². The minimum absolute atomic E-state index is 0.00293. The number of carbonyl (C=O) groups excluding carboxylic acids is 1. The van der Waals surface area contributed by atoms with Crippen LogP contribution in [0.5, 0.6) is 0 Å². The second-order valence-electron chi connectivity index (χ2n) is 6.65. The van der Waals surface area contributed by atoms with Crippen LogP contribution >= 0.6 is 0 Å². The number of nitrogens with zero attached hydrogens (tertiary/aromatic N) is 1. The maximum atomic E-state index is 12.6. The maximum absolute atomic E-state index is 12.6. The Hall–Kier alpha value is -1.44. The topological polar surface area (TPSA) is 92.5 Å². The zero-order chi connectivity index (χ0) is 17.9. The Morgan fingerprint density at radius 1 is 1.21 bits per heavy atom. The zero-order valence-corrected chi connectivity index (χ0v) is 15.3. The van der Waals surface area contributed by atoms with E-state index in [1.54, 1.807) is 38.1 Å². The highest BCUT2D eigenvalue weighted by molar-refractivity contribution is 7.89. The van der Waals surface area contributed by atoms with Crippen LogP contribution in [0.15, 0.2) is 29.2 Å². The van der Waals surface area contributed by atoms with Gasteiger partial charge in [-0.3, -0.25) is 4.79 Å². The third kappa shape index (κ3) is 4.34. The van der Waals surface area contributed by atoms with Crippen LogP contribution in [0.1, 0.15) is 32.3 Å². The summed E-state index contributed by atoms with van der Waals surface area (Å²) in [6.45, 7) is 6.35. The van der Waals surface area contributed by atoms with Crippen molar-refractivity contribution in [1.82, 2.24) is 9.62 Å². The van der Waals surface area contributed by atoms with E-state index in [-0.39, 0.29) is 23.9 Å². The molecule has 0 aromatic heterocycles. The van der Waals surface area contributed by atoms with Crippen LogP contribution in [0, 0.1) is 12.8 Å². The zero-order valence-electron chi connectivity index (χ0n) is 14.5. The monoisotopic (exact) mass is 353 g/mol. The summed E-state index contributed by atoms with van der Waals surface area (Å²) in [5, 5.41) is 2.98. The molecule has 1 fully saturated rings. The molecule has 7 heteroatoms. The van der Waals surface area contributed by atoms with Crippen molar-refractivity contribution >= 4 is 15.9 Å². The van der Waals surface area contributed by atoms with Crippen LogP contribution in [0.4, 0.5) is 0 Å². The van der Waals surface area contributed by atoms with Gasteiger partial charge in [0.05, 0.1) is 4.90 Å². The van der Waals surface area contributed by atoms with E-state index < -0.39 is 10.0 Å². The highest BCUT2D eigenvalue weighted by Crippen LogP contribution is 2.21. The van der Waals surface area contributed by atoms with Gasteiger partial charge in [0, 0.05) is 31.1 Å². The lowest BCUT2D eigenvalue weighted by Gasteiger charge is -2.32. The van der Waals surface area contributed by atoms with E-state index in [9.17, 15) is 13.2 Å². The summed E-state index contributed by atoms with van der Waals surface area (Å²) >= 11 is 0. The molecular weight excluding hydrogens is 326 g/mol. The molecule has 24 heavy (non-hydrogen) atoms. The number of hydrogen-bond acceptors (Lipinski definition) is 4. The van der Waals surface area contributed by atoms with Crippen molar-refractivity contribution in [1.29, 1.82) is 0 Å². The standard InChI is InChI=1S/C17H27N3O3S/c1-12-4-6-16(7-5-12)24(22,23)20-10-8-15(9-11-20)19-17(21)13(2)14(3)18/h4-7,13-15H,8-11,18H2,1-3H3,(H,19,21). The van der Waals surface area contributed by atoms with Crippen molar-refractivity contribution in [3.63, 3.8) is 0 Å². The van der Waals surface area contributed by atoms with Crippen molar-refractivity contribution < 1.29 is 13.2 Å². The molecule has 0 spiro atoms. The number of carbonyl (C=O) groups is 1. The SMILES string of the molecule is Cc1ccc(S(=O)(=O)N2CCC(NC(=O)C(C)C(C)N)CC2)cc1. The van der Waals surface area contributed by atoms with Crippen LogP contribution in [0.3, 0.4) is 0 Å². The summed E-state index contributed by atoms with van der Waals surface area (Å²) in [5.74, 6) is -0.316. The van der Waals surface area contributed by atoms with Crippen LogP contribution in [0.2, 0.25) is 0 Å². The highest BCUT2D eigenvalue weighted by Gasteiger charge is 2.30. The number of nitrogens with one attached hydrogen (secondary N) is 1. The summed E-state index contributed by atoms with van der Waals surface area (Å²) in [7, 11) is -3.46. The second-order valence-corrected chi connectivity index (χ2v) is 8.59. The van der Waals surface area contributed by atoms with Gasteiger partial charge in [-0.2, -0.15) is 4.31 Å².